The molecule has 0 saturated carbocycles. The van der Waals surface area contributed by atoms with E-state index >= 15 is 0 Å². The molecular weight excluding hydrogens is 318 g/mol. The van der Waals surface area contributed by atoms with Gasteiger partial charge in [-0.2, -0.15) is 0 Å². The van der Waals surface area contributed by atoms with Crippen molar-refractivity contribution in [3.63, 3.8) is 0 Å². The Morgan fingerprint density at radius 3 is 2.65 bits per heavy atom. The first kappa shape index (κ1) is 15.7. The minimum Gasteiger partial charge on any atom is -0.479 e. The van der Waals surface area contributed by atoms with Crippen LogP contribution in [-0.2, 0) is 0 Å². The molecule has 0 aliphatic carbocycles. The second-order valence-corrected chi connectivity index (χ2v) is 5.88. The second kappa shape index (κ2) is 6.50. The monoisotopic (exact) mass is 335 g/mol. The van der Waals surface area contributed by atoms with Gasteiger partial charge in [-0.3, -0.25) is 4.79 Å². The number of rotatable bonds is 3. The molecule has 23 heavy (non-hydrogen) atoms. The Morgan fingerprint density at radius 1 is 1.26 bits per heavy atom. The highest BCUT2D eigenvalue weighted by Crippen LogP contribution is 2.25. The number of ether oxygens (including phenoxy) is 1. The van der Waals surface area contributed by atoms with Gasteiger partial charge in [-0.15, -0.1) is 0 Å². The molecule has 0 atom stereocenters. The molecule has 0 radical (unpaired) electrons. The van der Waals surface area contributed by atoms with Crippen LogP contribution in [0.3, 0.4) is 0 Å². The lowest BCUT2D eigenvalue weighted by Crippen LogP contribution is -2.48. The predicted molar refractivity (Wildman–Crippen MR) is 87.4 cm³/mol. The van der Waals surface area contributed by atoms with Gasteiger partial charge in [0.05, 0.1) is 13.2 Å². The van der Waals surface area contributed by atoms with Crippen molar-refractivity contribution in [1.82, 2.24) is 10.1 Å². The Hall–Kier alpha value is -2.21. The van der Waals surface area contributed by atoms with E-state index < -0.39 is 0 Å². The third-order valence-electron chi connectivity index (χ3n) is 3.99. The summed E-state index contributed by atoms with van der Waals surface area (Å²) in [5, 5.41) is 4.38. The van der Waals surface area contributed by atoms with Crippen LogP contribution in [0.25, 0.3) is 0 Å². The Bertz CT molecular complexity index is 708. The maximum Gasteiger partial charge on any atom is 0.292 e. The van der Waals surface area contributed by atoms with Gasteiger partial charge in [0.2, 0.25) is 5.76 Å². The summed E-state index contributed by atoms with van der Waals surface area (Å²) in [5.41, 5.74) is 2.29. The summed E-state index contributed by atoms with van der Waals surface area (Å²) in [5.74, 6) is 0.346. The van der Waals surface area contributed by atoms with Gasteiger partial charge in [-0.05, 0) is 29.8 Å². The lowest BCUT2D eigenvalue weighted by atomic mass is 10.1. The third-order valence-corrected chi connectivity index (χ3v) is 4.22. The summed E-state index contributed by atoms with van der Waals surface area (Å²) in [6.07, 6.45) is 0. The van der Waals surface area contributed by atoms with Crippen LogP contribution in [-0.4, -0.2) is 49.3 Å². The van der Waals surface area contributed by atoms with Crippen molar-refractivity contribution in [2.45, 2.75) is 6.92 Å². The number of carbonyl (C=O) groups is 1. The molecule has 1 aliphatic rings. The molecule has 1 fully saturated rings. The van der Waals surface area contributed by atoms with Gasteiger partial charge in [0.25, 0.3) is 11.8 Å². The first-order valence-electron chi connectivity index (χ1n) is 7.39. The number of methoxy groups -OCH3 is 1. The van der Waals surface area contributed by atoms with Crippen LogP contribution in [0.5, 0.6) is 5.88 Å². The van der Waals surface area contributed by atoms with E-state index in [1.165, 1.54) is 18.7 Å². The Morgan fingerprint density at radius 2 is 2.00 bits per heavy atom. The number of halogens is 1. The molecular formula is C16H18ClN3O3. The molecule has 122 valence electrons. The molecule has 0 unspecified atom stereocenters. The summed E-state index contributed by atoms with van der Waals surface area (Å²) >= 11 is 6.09. The highest BCUT2D eigenvalue weighted by atomic mass is 35.5. The minimum atomic E-state index is -0.164. The Labute approximate surface area is 139 Å². The zero-order valence-corrected chi connectivity index (χ0v) is 13.8. The molecule has 0 N–H and O–H groups in total. The fourth-order valence-corrected chi connectivity index (χ4v) is 2.85. The van der Waals surface area contributed by atoms with Crippen molar-refractivity contribution in [3.05, 3.63) is 40.6 Å². The lowest BCUT2D eigenvalue weighted by Gasteiger charge is -2.36. The molecule has 2 heterocycles. The number of carbonyl (C=O) groups excluding carboxylic acids is 1. The summed E-state index contributed by atoms with van der Waals surface area (Å²) in [6, 6.07) is 7.37. The number of amides is 1. The molecule has 6 nitrogen and oxygen atoms in total. The van der Waals surface area contributed by atoms with Crippen LogP contribution >= 0.6 is 11.6 Å². The number of piperazine rings is 1. The molecule has 2 aromatic rings. The van der Waals surface area contributed by atoms with Gasteiger partial charge >= 0.3 is 0 Å². The van der Waals surface area contributed by atoms with Gasteiger partial charge in [0, 0.05) is 36.9 Å². The van der Waals surface area contributed by atoms with E-state index in [2.05, 4.69) is 17.0 Å². The molecule has 1 aromatic heterocycles. The number of anilines is 1. The van der Waals surface area contributed by atoms with E-state index in [1.54, 1.807) is 4.90 Å². The number of aryl methyl sites for hydroxylation is 1. The molecule has 3 rings (SSSR count). The third kappa shape index (κ3) is 3.27. The summed E-state index contributed by atoms with van der Waals surface area (Å²) in [7, 11) is 1.48. The quantitative estimate of drug-likeness (QED) is 0.863. The van der Waals surface area contributed by atoms with Crippen LogP contribution < -0.4 is 9.64 Å². The first-order valence-corrected chi connectivity index (χ1v) is 7.77. The summed E-state index contributed by atoms with van der Waals surface area (Å²) in [6.45, 7) is 4.79. The topological polar surface area (TPSA) is 58.8 Å². The van der Waals surface area contributed by atoms with E-state index in [0.29, 0.717) is 19.0 Å². The standard InChI is InChI=1S/C16H18ClN3O3/c1-11-3-4-12(17)9-13(11)19-5-7-20(8-6-19)16(21)14-10-15(22-2)18-23-14/h3-4,9-10H,5-8H2,1-2H3. The molecule has 1 aromatic carbocycles. The van der Waals surface area contributed by atoms with Gasteiger partial charge in [0.1, 0.15) is 0 Å². The van der Waals surface area contributed by atoms with Crippen LogP contribution in [0.2, 0.25) is 5.02 Å². The molecule has 7 heteroatoms. The fourth-order valence-electron chi connectivity index (χ4n) is 2.69. The summed E-state index contributed by atoms with van der Waals surface area (Å²) in [4.78, 5) is 16.4. The molecule has 0 spiro atoms. The number of nitrogens with zero attached hydrogens (tertiary/aromatic N) is 3. The fraction of sp³-hybridized carbons (Fsp3) is 0.375. The maximum atomic E-state index is 12.4. The molecule has 1 aliphatic heterocycles. The van der Waals surface area contributed by atoms with Gasteiger partial charge < -0.3 is 19.1 Å². The van der Waals surface area contributed by atoms with Crippen molar-refractivity contribution >= 4 is 23.2 Å². The summed E-state index contributed by atoms with van der Waals surface area (Å²) < 4.78 is 9.95. The van der Waals surface area contributed by atoms with Crippen molar-refractivity contribution in [2.24, 2.45) is 0 Å². The normalized spacial score (nSPS) is 14.9. The van der Waals surface area contributed by atoms with Crippen LogP contribution in [0.15, 0.2) is 28.8 Å². The van der Waals surface area contributed by atoms with E-state index in [0.717, 1.165) is 23.8 Å². The largest absolute Gasteiger partial charge is 0.479 e. The van der Waals surface area contributed by atoms with Crippen molar-refractivity contribution in [1.29, 1.82) is 0 Å². The molecule has 1 saturated heterocycles. The molecule has 0 bridgehead atoms. The van der Waals surface area contributed by atoms with Gasteiger partial charge in [-0.25, -0.2) is 0 Å². The van der Waals surface area contributed by atoms with Crippen LogP contribution in [0.1, 0.15) is 16.1 Å². The Kier molecular flexibility index (Phi) is 4.43. The van der Waals surface area contributed by atoms with Gasteiger partial charge in [-0.1, -0.05) is 17.7 Å². The molecule has 1 amide bonds. The highest BCUT2D eigenvalue weighted by Gasteiger charge is 2.25. The number of aromatic nitrogens is 1. The second-order valence-electron chi connectivity index (χ2n) is 5.44. The van der Waals surface area contributed by atoms with E-state index in [-0.39, 0.29) is 11.7 Å². The van der Waals surface area contributed by atoms with Crippen molar-refractivity contribution in [2.75, 3.05) is 38.2 Å². The number of hydrogen-bond acceptors (Lipinski definition) is 5. The SMILES string of the molecule is COc1cc(C(=O)N2CCN(c3cc(Cl)ccc3C)CC2)on1. The van der Waals surface area contributed by atoms with Crippen LogP contribution in [0.4, 0.5) is 5.69 Å². The van der Waals surface area contributed by atoms with E-state index in [1.807, 2.05) is 18.2 Å². The van der Waals surface area contributed by atoms with Gasteiger partial charge in [0.15, 0.2) is 0 Å². The number of hydrogen-bond donors (Lipinski definition) is 0. The highest BCUT2D eigenvalue weighted by molar-refractivity contribution is 6.30. The van der Waals surface area contributed by atoms with Crippen molar-refractivity contribution in [3.8, 4) is 5.88 Å². The first-order chi connectivity index (χ1) is 11.1. The zero-order valence-electron chi connectivity index (χ0n) is 13.1. The van der Waals surface area contributed by atoms with Crippen molar-refractivity contribution < 1.29 is 14.1 Å². The maximum absolute atomic E-state index is 12.4. The number of benzene rings is 1. The zero-order chi connectivity index (χ0) is 16.4. The smallest absolute Gasteiger partial charge is 0.292 e. The minimum absolute atomic E-state index is 0.164. The average molecular weight is 336 g/mol. The average Bonchev–Trinajstić information content (AvgIpc) is 3.06. The van der Waals surface area contributed by atoms with Crippen LogP contribution in [0, 0.1) is 6.92 Å². The van der Waals surface area contributed by atoms with E-state index in [4.69, 9.17) is 20.9 Å². The lowest BCUT2D eigenvalue weighted by molar-refractivity contribution is 0.0704. The van der Waals surface area contributed by atoms with E-state index in [9.17, 15) is 4.79 Å². The predicted octanol–water partition coefficient (Wildman–Crippen LogP) is 2.61. The Balaban J connectivity index is 1.66.